The molecule has 204 valence electrons. The summed E-state index contributed by atoms with van der Waals surface area (Å²) in [6.07, 6.45) is 18.5. The van der Waals surface area contributed by atoms with Gasteiger partial charge in [0.05, 0.1) is 19.8 Å². The van der Waals surface area contributed by atoms with E-state index in [0.29, 0.717) is 19.8 Å². The first-order valence-electron chi connectivity index (χ1n) is 14.8. The zero-order valence-electron chi connectivity index (χ0n) is 23.4. The minimum atomic E-state index is -0.903. The molecule has 1 atom stereocenters. The van der Waals surface area contributed by atoms with E-state index in [1.807, 2.05) is 12.1 Å². The van der Waals surface area contributed by atoms with Crippen LogP contribution in [0.4, 0.5) is 4.39 Å². The van der Waals surface area contributed by atoms with E-state index in [1.165, 1.54) is 56.9 Å². The van der Waals surface area contributed by atoms with Crippen LogP contribution in [-0.4, -0.2) is 25.8 Å². The second-order valence-electron chi connectivity index (χ2n) is 9.98. The number of aryl methyl sites for hydroxylation is 1. The molecule has 35 heavy (non-hydrogen) atoms. The van der Waals surface area contributed by atoms with Gasteiger partial charge in [-0.05, 0) is 62.6 Å². The van der Waals surface area contributed by atoms with Crippen LogP contribution in [0.25, 0.3) is 0 Å². The molecule has 1 rings (SSSR count). The molecule has 0 heterocycles. The Morgan fingerprint density at radius 3 is 1.54 bits per heavy atom. The Labute approximate surface area is 216 Å². The summed E-state index contributed by atoms with van der Waals surface area (Å²) in [5.74, 6) is -0.801. The highest BCUT2D eigenvalue weighted by Gasteiger charge is 2.41. The molecule has 0 fully saturated rings. The lowest BCUT2D eigenvalue weighted by Gasteiger charge is -2.40. The fraction of sp³-hybridized carbons (Fsp3) is 0.806. The molecule has 0 bridgehead atoms. The molecule has 4 heteroatoms. The maximum Gasteiger partial charge on any atom is 0.285 e. The normalized spacial score (nSPS) is 12.8. The summed E-state index contributed by atoms with van der Waals surface area (Å²) in [4.78, 5) is 0. The van der Waals surface area contributed by atoms with Crippen molar-refractivity contribution >= 4 is 0 Å². The van der Waals surface area contributed by atoms with Crippen molar-refractivity contribution in [3.8, 4) is 0 Å². The van der Waals surface area contributed by atoms with Crippen LogP contribution < -0.4 is 0 Å². The fourth-order valence-corrected chi connectivity index (χ4v) is 4.60. The fourth-order valence-electron chi connectivity index (χ4n) is 4.60. The highest BCUT2D eigenvalue weighted by molar-refractivity contribution is 5.15. The van der Waals surface area contributed by atoms with Crippen molar-refractivity contribution in [2.75, 3.05) is 19.8 Å². The monoisotopic (exact) mass is 494 g/mol. The van der Waals surface area contributed by atoms with Crippen molar-refractivity contribution < 1.29 is 18.6 Å². The minimum Gasteiger partial charge on any atom is -0.327 e. The lowest BCUT2D eigenvalue weighted by molar-refractivity contribution is -0.406. The van der Waals surface area contributed by atoms with Gasteiger partial charge < -0.3 is 14.2 Å². The van der Waals surface area contributed by atoms with Gasteiger partial charge in [0, 0.05) is 5.92 Å². The van der Waals surface area contributed by atoms with Crippen LogP contribution in [0.3, 0.4) is 0 Å². The Bertz CT molecular complexity index is 568. The number of hydrogen-bond donors (Lipinski definition) is 0. The third kappa shape index (κ3) is 14.4. The molecule has 0 aromatic heterocycles. The predicted molar refractivity (Wildman–Crippen MR) is 146 cm³/mol. The molecule has 3 nitrogen and oxygen atoms in total. The molecule has 0 saturated heterocycles. The van der Waals surface area contributed by atoms with Crippen LogP contribution in [-0.2, 0) is 20.6 Å². The standard InChI is InChI=1S/C31H55FO3/c1-5-9-10-11-12-16-19-29(31(33-25-6-2,34-26-7-3)35-27-8-4)20-17-14-13-15-18-28-21-23-30(32)24-22-28/h21-24,29H,5-20,25-27H2,1-4H3. The van der Waals surface area contributed by atoms with Gasteiger partial charge in [-0.15, -0.1) is 0 Å². The highest BCUT2D eigenvalue weighted by Crippen LogP contribution is 2.35. The number of halogens is 1. The quantitative estimate of drug-likeness (QED) is 0.106. The van der Waals surface area contributed by atoms with Gasteiger partial charge in [0.1, 0.15) is 5.82 Å². The number of hydrogen-bond acceptors (Lipinski definition) is 3. The van der Waals surface area contributed by atoms with E-state index in [2.05, 4.69) is 27.7 Å². The van der Waals surface area contributed by atoms with E-state index in [0.717, 1.165) is 51.4 Å². The first kappa shape index (κ1) is 32.1. The van der Waals surface area contributed by atoms with Crippen LogP contribution in [0.2, 0.25) is 0 Å². The summed E-state index contributed by atoms with van der Waals surface area (Å²) < 4.78 is 32.3. The van der Waals surface area contributed by atoms with Gasteiger partial charge in [-0.1, -0.05) is 97.6 Å². The van der Waals surface area contributed by atoms with E-state index in [-0.39, 0.29) is 11.7 Å². The summed E-state index contributed by atoms with van der Waals surface area (Å²) in [5.41, 5.74) is 1.22. The molecular formula is C31H55FO3. The third-order valence-corrected chi connectivity index (χ3v) is 6.61. The summed E-state index contributed by atoms with van der Waals surface area (Å²) in [7, 11) is 0. The average molecular weight is 495 g/mol. The maximum atomic E-state index is 13.1. The average Bonchev–Trinajstić information content (AvgIpc) is 2.87. The largest absolute Gasteiger partial charge is 0.327 e. The molecule has 0 N–H and O–H groups in total. The lowest BCUT2D eigenvalue weighted by atomic mass is 9.91. The second kappa shape index (κ2) is 21.1. The smallest absolute Gasteiger partial charge is 0.285 e. The van der Waals surface area contributed by atoms with E-state index in [4.69, 9.17) is 14.2 Å². The molecule has 0 aliphatic heterocycles. The van der Waals surface area contributed by atoms with Crippen molar-refractivity contribution in [3.05, 3.63) is 35.6 Å². The van der Waals surface area contributed by atoms with Crippen LogP contribution in [0.1, 0.15) is 130 Å². The third-order valence-electron chi connectivity index (χ3n) is 6.61. The van der Waals surface area contributed by atoms with Crippen LogP contribution >= 0.6 is 0 Å². The summed E-state index contributed by atoms with van der Waals surface area (Å²) in [5, 5.41) is 0. The van der Waals surface area contributed by atoms with Gasteiger partial charge >= 0.3 is 0 Å². The zero-order valence-corrected chi connectivity index (χ0v) is 23.4. The minimum absolute atomic E-state index is 0.158. The molecule has 0 radical (unpaired) electrons. The van der Waals surface area contributed by atoms with E-state index in [1.54, 1.807) is 12.1 Å². The SMILES string of the molecule is CCCCCCCCC(CCCCCCc1ccc(F)cc1)C(OCCC)(OCCC)OCCC. The van der Waals surface area contributed by atoms with Crippen molar-refractivity contribution in [2.24, 2.45) is 5.92 Å². The van der Waals surface area contributed by atoms with Gasteiger partial charge in [-0.3, -0.25) is 0 Å². The Morgan fingerprint density at radius 1 is 0.600 bits per heavy atom. The highest BCUT2D eigenvalue weighted by atomic mass is 19.1. The Hall–Kier alpha value is -0.970. The molecule has 1 unspecified atom stereocenters. The summed E-state index contributed by atoms with van der Waals surface area (Å²) >= 11 is 0. The number of ether oxygens (including phenoxy) is 3. The molecule has 0 aliphatic rings. The maximum absolute atomic E-state index is 13.1. The van der Waals surface area contributed by atoms with Crippen LogP contribution in [0.5, 0.6) is 0 Å². The molecule has 0 spiro atoms. The van der Waals surface area contributed by atoms with E-state index in [9.17, 15) is 4.39 Å². The molecular weight excluding hydrogens is 439 g/mol. The van der Waals surface area contributed by atoms with Crippen molar-refractivity contribution in [1.82, 2.24) is 0 Å². The topological polar surface area (TPSA) is 27.7 Å². The molecule has 1 aromatic carbocycles. The zero-order chi connectivity index (χ0) is 25.6. The number of unbranched alkanes of at least 4 members (excludes halogenated alkanes) is 8. The predicted octanol–water partition coefficient (Wildman–Crippen LogP) is 9.62. The number of rotatable bonds is 24. The van der Waals surface area contributed by atoms with Gasteiger partial charge in [-0.2, -0.15) is 0 Å². The van der Waals surface area contributed by atoms with Gasteiger partial charge in [0.25, 0.3) is 5.97 Å². The lowest BCUT2D eigenvalue weighted by Crippen LogP contribution is -2.47. The molecule has 0 saturated carbocycles. The summed E-state index contributed by atoms with van der Waals surface area (Å²) in [6, 6.07) is 6.93. The van der Waals surface area contributed by atoms with Crippen LogP contribution in [0, 0.1) is 11.7 Å². The first-order chi connectivity index (χ1) is 17.1. The Kier molecular flexibility index (Phi) is 19.4. The van der Waals surface area contributed by atoms with Gasteiger partial charge in [-0.25, -0.2) is 4.39 Å². The first-order valence-corrected chi connectivity index (χ1v) is 14.8. The van der Waals surface area contributed by atoms with Crippen molar-refractivity contribution in [2.45, 2.75) is 136 Å². The van der Waals surface area contributed by atoms with Crippen LogP contribution in [0.15, 0.2) is 24.3 Å². The van der Waals surface area contributed by atoms with E-state index < -0.39 is 5.97 Å². The summed E-state index contributed by atoms with van der Waals surface area (Å²) in [6.45, 7) is 10.7. The van der Waals surface area contributed by atoms with Gasteiger partial charge in [0.15, 0.2) is 0 Å². The molecule has 1 aromatic rings. The molecule has 0 amide bonds. The van der Waals surface area contributed by atoms with E-state index >= 15 is 0 Å². The number of benzene rings is 1. The van der Waals surface area contributed by atoms with Crippen molar-refractivity contribution in [1.29, 1.82) is 0 Å². The van der Waals surface area contributed by atoms with Gasteiger partial charge in [0.2, 0.25) is 0 Å². The van der Waals surface area contributed by atoms with Crippen molar-refractivity contribution in [3.63, 3.8) is 0 Å². The Morgan fingerprint density at radius 2 is 1.06 bits per heavy atom. The molecule has 0 aliphatic carbocycles. The second-order valence-corrected chi connectivity index (χ2v) is 9.98. The Balaban J connectivity index is 2.69.